The van der Waals surface area contributed by atoms with E-state index in [-0.39, 0.29) is 17.4 Å². The Balaban J connectivity index is 2.33. The summed E-state index contributed by atoms with van der Waals surface area (Å²) in [5.41, 5.74) is -1.29. The van der Waals surface area contributed by atoms with Crippen molar-refractivity contribution in [2.45, 2.75) is 45.1 Å². The zero-order valence-corrected chi connectivity index (χ0v) is 10.3. The van der Waals surface area contributed by atoms with Crippen molar-refractivity contribution in [3.05, 3.63) is 35.4 Å². The molecule has 1 atom stereocenters. The van der Waals surface area contributed by atoms with Gasteiger partial charge in [-0.2, -0.15) is 0 Å². The van der Waals surface area contributed by atoms with Crippen molar-refractivity contribution in [2.24, 2.45) is 5.41 Å². The first kappa shape index (κ1) is 12.5. The van der Waals surface area contributed by atoms with Gasteiger partial charge in [-0.25, -0.2) is 8.78 Å². The van der Waals surface area contributed by atoms with Crippen molar-refractivity contribution in [3.8, 4) is 0 Å². The number of hydrogen-bond donors (Lipinski definition) is 1. The molecular formula is C14H18F2O. The Hall–Kier alpha value is -0.960. The van der Waals surface area contributed by atoms with Gasteiger partial charge in [0.25, 0.3) is 0 Å². The number of hydrogen-bond acceptors (Lipinski definition) is 1. The van der Waals surface area contributed by atoms with Crippen LogP contribution in [0, 0.1) is 17.0 Å². The average Bonchev–Trinajstić information content (AvgIpc) is 2.48. The van der Waals surface area contributed by atoms with E-state index in [4.69, 9.17) is 0 Å². The molecule has 0 aromatic heterocycles. The highest BCUT2D eigenvalue weighted by atomic mass is 19.1. The Bertz CT molecular complexity index is 408. The predicted molar refractivity (Wildman–Crippen MR) is 62.6 cm³/mol. The van der Waals surface area contributed by atoms with Gasteiger partial charge < -0.3 is 5.11 Å². The molecule has 1 fully saturated rings. The van der Waals surface area contributed by atoms with Gasteiger partial charge in [-0.3, -0.25) is 0 Å². The van der Waals surface area contributed by atoms with Crippen LogP contribution >= 0.6 is 0 Å². The fourth-order valence-electron chi connectivity index (χ4n) is 2.72. The van der Waals surface area contributed by atoms with Crippen molar-refractivity contribution in [3.63, 3.8) is 0 Å². The van der Waals surface area contributed by atoms with Gasteiger partial charge in [0, 0.05) is 12.0 Å². The first-order chi connectivity index (χ1) is 7.86. The summed E-state index contributed by atoms with van der Waals surface area (Å²) in [4.78, 5) is 0. The van der Waals surface area contributed by atoms with Crippen LogP contribution in [0.3, 0.4) is 0 Å². The molecule has 0 amide bonds. The maximum Gasteiger partial charge on any atom is 0.129 e. The van der Waals surface area contributed by atoms with E-state index >= 15 is 0 Å². The van der Waals surface area contributed by atoms with Gasteiger partial charge in [0.15, 0.2) is 0 Å². The standard InChI is InChI=1S/C14H18F2O/c1-13(2)7-4-8-14(13,17)9-10-11(15)5-3-6-12(10)16/h3,5-6,17H,4,7-9H2,1-2H3. The highest BCUT2D eigenvalue weighted by molar-refractivity contribution is 5.23. The van der Waals surface area contributed by atoms with Crippen LogP contribution in [0.2, 0.25) is 0 Å². The fourth-order valence-corrected chi connectivity index (χ4v) is 2.72. The zero-order chi connectivity index (χ0) is 12.7. The molecule has 1 aliphatic carbocycles. The molecule has 2 rings (SSSR count). The summed E-state index contributed by atoms with van der Waals surface area (Å²) in [5, 5.41) is 10.6. The van der Waals surface area contributed by atoms with Gasteiger partial charge in [0.05, 0.1) is 5.60 Å². The van der Waals surface area contributed by atoms with Crippen molar-refractivity contribution in [2.75, 3.05) is 0 Å². The SMILES string of the molecule is CC1(C)CCCC1(O)Cc1c(F)cccc1F. The molecule has 3 heteroatoms. The van der Waals surface area contributed by atoms with E-state index in [0.29, 0.717) is 6.42 Å². The van der Waals surface area contributed by atoms with Gasteiger partial charge in [-0.15, -0.1) is 0 Å². The smallest absolute Gasteiger partial charge is 0.129 e. The Kier molecular flexibility index (Phi) is 2.98. The Morgan fingerprint density at radius 3 is 2.24 bits per heavy atom. The molecule has 0 saturated heterocycles. The third-order valence-corrected chi connectivity index (χ3v) is 4.18. The second-order valence-electron chi connectivity index (χ2n) is 5.65. The van der Waals surface area contributed by atoms with Crippen LogP contribution in [0.4, 0.5) is 8.78 Å². The van der Waals surface area contributed by atoms with E-state index in [0.717, 1.165) is 12.8 Å². The molecule has 0 spiro atoms. The maximum atomic E-state index is 13.6. The summed E-state index contributed by atoms with van der Waals surface area (Å²) in [6.07, 6.45) is 2.45. The highest BCUT2D eigenvalue weighted by Crippen LogP contribution is 2.47. The Labute approximate surface area is 100 Å². The Morgan fingerprint density at radius 2 is 1.76 bits per heavy atom. The van der Waals surface area contributed by atoms with Crippen LogP contribution in [0.15, 0.2) is 18.2 Å². The summed E-state index contributed by atoms with van der Waals surface area (Å²) in [6, 6.07) is 3.82. The molecule has 1 N–H and O–H groups in total. The van der Waals surface area contributed by atoms with Crippen molar-refractivity contribution in [1.82, 2.24) is 0 Å². The van der Waals surface area contributed by atoms with Gasteiger partial charge in [-0.1, -0.05) is 19.9 Å². The van der Waals surface area contributed by atoms with Gasteiger partial charge in [0.1, 0.15) is 11.6 Å². The minimum absolute atomic E-state index is 0.00461. The van der Waals surface area contributed by atoms with Gasteiger partial charge in [0.2, 0.25) is 0 Å². The maximum absolute atomic E-state index is 13.6. The second-order valence-corrected chi connectivity index (χ2v) is 5.65. The minimum atomic E-state index is -1.00. The number of halogens is 2. The molecule has 1 saturated carbocycles. The summed E-state index contributed by atoms with van der Waals surface area (Å²) < 4.78 is 27.1. The monoisotopic (exact) mass is 240 g/mol. The first-order valence-electron chi connectivity index (χ1n) is 6.01. The lowest BCUT2D eigenvalue weighted by Crippen LogP contribution is -2.42. The molecule has 1 aromatic rings. The minimum Gasteiger partial charge on any atom is -0.389 e. The van der Waals surface area contributed by atoms with E-state index in [1.807, 2.05) is 13.8 Å². The van der Waals surface area contributed by atoms with E-state index in [9.17, 15) is 13.9 Å². The normalized spacial score (nSPS) is 27.4. The topological polar surface area (TPSA) is 20.2 Å². The Morgan fingerprint density at radius 1 is 1.18 bits per heavy atom. The van der Waals surface area contributed by atoms with Crippen LogP contribution in [0.5, 0.6) is 0 Å². The van der Waals surface area contributed by atoms with Crippen molar-refractivity contribution >= 4 is 0 Å². The summed E-state index contributed by atoms with van der Waals surface area (Å²) in [7, 11) is 0. The molecule has 0 radical (unpaired) electrons. The molecule has 0 aliphatic heterocycles. The molecule has 1 aliphatic rings. The third kappa shape index (κ3) is 2.08. The summed E-state index contributed by atoms with van der Waals surface area (Å²) >= 11 is 0. The molecule has 1 nitrogen and oxygen atoms in total. The third-order valence-electron chi connectivity index (χ3n) is 4.18. The largest absolute Gasteiger partial charge is 0.389 e. The quantitative estimate of drug-likeness (QED) is 0.839. The lowest BCUT2D eigenvalue weighted by Gasteiger charge is -2.37. The second kappa shape index (κ2) is 4.05. The van der Waals surface area contributed by atoms with E-state index in [1.165, 1.54) is 18.2 Å². The van der Waals surface area contributed by atoms with Gasteiger partial charge >= 0.3 is 0 Å². The molecular weight excluding hydrogens is 222 g/mol. The molecule has 1 unspecified atom stereocenters. The molecule has 0 heterocycles. The van der Waals surface area contributed by atoms with Gasteiger partial charge in [-0.05, 0) is 36.8 Å². The molecule has 17 heavy (non-hydrogen) atoms. The molecule has 94 valence electrons. The summed E-state index contributed by atoms with van der Waals surface area (Å²) in [5.74, 6) is -1.14. The van der Waals surface area contributed by atoms with Crippen LogP contribution in [-0.4, -0.2) is 10.7 Å². The van der Waals surface area contributed by atoms with E-state index in [2.05, 4.69) is 0 Å². The van der Waals surface area contributed by atoms with Crippen LogP contribution in [0.1, 0.15) is 38.7 Å². The number of benzene rings is 1. The predicted octanol–water partition coefficient (Wildman–Crippen LogP) is 3.45. The van der Waals surface area contributed by atoms with Crippen molar-refractivity contribution < 1.29 is 13.9 Å². The lowest BCUT2D eigenvalue weighted by atomic mass is 9.74. The zero-order valence-electron chi connectivity index (χ0n) is 10.3. The van der Waals surface area contributed by atoms with E-state index in [1.54, 1.807) is 0 Å². The average molecular weight is 240 g/mol. The molecule has 1 aromatic carbocycles. The highest BCUT2D eigenvalue weighted by Gasteiger charge is 2.47. The van der Waals surface area contributed by atoms with Crippen LogP contribution in [0.25, 0.3) is 0 Å². The fraction of sp³-hybridized carbons (Fsp3) is 0.571. The first-order valence-corrected chi connectivity index (χ1v) is 6.01. The van der Waals surface area contributed by atoms with Crippen LogP contribution < -0.4 is 0 Å². The van der Waals surface area contributed by atoms with Crippen LogP contribution in [-0.2, 0) is 6.42 Å². The van der Waals surface area contributed by atoms with E-state index < -0.39 is 17.2 Å². The lowest BCUT2D eigenvalue weighted by molar-refractivity contribution is -0.0431. The summed E-state index contributed by atoms with van der Waals surface area (Å²) in [6.45, 7) is 3.91. The number of aliphatic hydroxyl groups is 1. The van der Waals surface area contributed by atoms with Crippen molar-refractivity contribution in [1.29, 1.82) is 0 Å². The molecule has 0 bridgehead atoms. The number of rotatable bonds is 2.